The van der Waals surface area contributed by atoms with Crippen LogP contribution in [0.25, 0.3) is 11.0 Å². The predicted molar refractivity (Wildman–Crippen MR) is 69.9 cm³/mol. The highest BCUT2D eigenvalue weighted by molar-refractivity contribution is 5.93. The first kappa shape index (κ1) is 12.1. The van der Waals surface area contributed by atoms with Crippen molar-refractivity contribution in [3.63, 3.8) is 0 Å². The third kappa shape index (κ3) is 2.83. The molecule has 1 amide bonds. The molecule has 0 saturated carbocycles. The zero-order chi connectivity index (χ0) is 12.8. The summed E-state index contributed by atoms with van der Waals surface area (Å²) >= 11 is 0. The average Bonchev–Trinajstić information content (AvgIpc) is 2.43. The van der Waals surface area contributed by atoms with Crippen LogP contribution >= 0.6 is 0 Å². The summed E-state index contributed by atoms with van der Waals surface area (Å²) in [5.74, 6) is 5.44. The minimum Gasteiger partial charge on any atom is -0.350 e. The number of nitrogens with one attached hydrogen (secondary N) is 1. The zero-order valence-corrected chi connectivity index (χ0v) is 10.1. The lowest BCUT2D eigenvalue weighted by molar-refractivity contribution is 0.0949. The number of hydrogen-bond donors (Lipinski definition) is 1. The van der Waals surface area contributed by atoms with Crippen LogP contribution in [0.1, 0.15) is 23.8 Å². The lowest BCUT2D eigenvalue weighted by Gasteiger charge is -2.03. The maximum absolute atomic E-state index is 11.8. The molecule has 0 saturated heterocycles. The van der Waals surface area contributed by atoms with Crippen LogP contribution in [0.15, 0.2) is 30.5 Å². The average molecular weight is 239 g/mol. The fourth-order valence-electron chi connectivity index (χ4n) is 1.52. The SMILES string of the molecule is CC#CCCNC(=O)c1cnc2ccccc2n1. The van der Waals surface area contributed by atoms with Gasteiger partial charge in [-0.3, -0.25) is 9.78 Å². The smallest absolute Gasteiger partial charge is 0.271 e. The highest BCUT2D eigenvalue weighted by Crippen LogP contribution is 2.08. The van der Waals surface area contributed by atoms with E-state index in [4.69, 9.17) is 0 Å². The maximum Gasteiger partial charge on any atom is 0.271 e. The summed E-state index contributed by atoms with van der Waals surface area (Å²) in [4.78, 5) is 20.2. The molecule has 0 atom stereocenters. The number of hydrogen-bond acceptors (Lipinski definition) is 3. The van der Waals surface area contributed by atoms with Gasteiger partial charge in [-0.1, -0.05) is 12.1 Å². The van der Waals surface area contributed by atoms with Crippen LogP contribution in [-0.4, -0.2) is 22.4 Å². The van der Waals surface area contributed by atoms with Crippen LogP contribution in [0.2, 0.25) is 0 Å². The van der Waals surface area contributed by atoms with Crippen LogP contribution in [0.4, 0.5) is 0 Å². The van der Waals surface area contributed by atoms with Gasteiger partial charge in [0.15, 0.2) is 0 Å². The first-order chi connectivity index (χ1) is 8.81. The molecule has 4 heteroatoms. The Morgan fingerprint density at radius 2 is 2.11 bits per heavy atom. The second kappa shape index (κ2) is 5.78. The Labute approximate surface area is 105 Å². The standard InChI is InChI=1S/C14H13N3O/c1-2-3-6-9-15-14(18)13-10-16-11-7-4-5-8-12(11)17-13/h4-5,7-8,10H,6,9H2,1H3,(H,15,18). The molecule has 2 rings (SSSR count). The summed E-state index contributed by atoms with van der Waals surface area (Å²) in [6.45, 7) is 2.30. The van der Waals surface area contributed by atoms with E-state index in [2.05, 4.69) is 27.1 Å². The molecule has 1 heterocycles. The number of amides is 1. The van der Waals surface area contributed by atoms with Gasteiger partial charge in [-0.05, 0) is 19.1 Å². The second-order valence-corrected chi connectivity index (χ2v) is 3.68. The third-order valence-electron chi connectivity index (χ3n) is 2.39. The van der Waals surface area contributed by atoms with Gasteiger partial charge in [0, 0.05) is 13.0 Å². The number of aromatic nitrogens is 2. The molecule has 0 aliphatic heterocycles. The molecule has 90 valence electrons. The van der Waals surface area contributed by atoms with Gasteiger partial charge in [-0.15, -0.1) is 11.8 Å². The molecule has 0 bridgehead atoms. The number of fused-ring (bicyclic) bond motifs is 1. The Bertz CT molecular complexity index is 625. The number of benzene rings is 1. The van der Waals surface area contributed by atoms with Crippen LogP contribution in [-0.2, 0) is 0 Å². The summed E-state index contributed by atoms with van der Waals surface area (Å²) in [5.41, 5.74) is 1.84. The second-order valence-electron chi connectivity index (χ2n) is 3.68. The molecule has 1 aromatic carbocycles. The van der Waals surface area contributed by atoms with E-state index in [1.807, 2.05) is 24.3 Å². The van der Waals surface area contributed by atoms with E-state index in [9.17, 15) is 4.79 Å². The van der Waals surface area contributed by atoms with Crippen molar-refractivity contribution in [3.05, 3.63) is 36.2 Å². The number of rotatable bonds is 3. The number of carbonyl (C=O) groups is 1. The van der Waals surface area contributed by atoms with Gasteiger partial charge in [0.05, 0.1) is 17.2 Å². The fourth-order valence-corrected chi connectivity index (χ4v) is 1.52. The molecule has 18 heavy (non-hydrogen) atoms. The lowest BCUT2D eigenvalue weighted by Crippen LogP contribution is -2.25. The van der Waals surface area contributed by atoms with E-state index in [-0.39, 0.29) is 5.91 Å². The molecule has 1 N–H and O–H groups in total. The number of para-hydroxylation sites is 2. The minimum absolute atomic E-state index is 0.217. The fraction of sp³-hybridized carbons (Fsp3) is 0.214. The van der Waals surface area contributed by atoms with Crippen molar-refractivity contribution in [2.45, 2.75) is 13.3 Å². The van der Waals surface area contributed by atoms with E-state index < -0.39 is 0 Å². The van der Waals surface area contributed by atoms with Crippen molar-refractivity contribution in [2.75, 3.05) is 6.54 Å². The van der Waals surface area contributed by atoms with Crippen molar-refractivity contribution in [3.8, 4) is 11.8 Å². The molecule has 2 aromatic rings. The van der Waals surface area contributed by atoms with E-state index in [0.29, 0.717) is 18.7 Å². The van der Waals surface area contributed by atoms with Gasteiger partial charge in [-0.25, -0.2) is 4.98 Å². The van der Waals surface area contributed by atoms with E-state index in [1.165, 1.54) is 6.20 Å². The van der Waals surface area contributed by atoms with Crippen LogP contribution in [0.3, 0.4) is 0 Å². The van der Waals surface area contributed by atoms with E-state index >= 15 is 0 Å². The molecule has 0 aliphatic rings. The van der Waals surface area contributed by atoms with Crippen molar-refractivity contribution < 1.29 is 4.79 Å². The molecule has 4 nitrogen and oxygen atoms in total. The van der Waals surface area contributed by atoms with E-state index in [1.54, 1.807) is 6.92 Å². The Hall–Kier alpha value is -2.41. The quantitative estimate of drug-likeness (QED) is 0.656. The van der Waals surface area contributed by atoms with Gasteiger partial charge >= 0.3 is 0 Å². The highest BCUT2D eigenvalue weighted by atomic mass is 16.1. The van der Waals surface area contributed by atoms with Gasteiger partial charge in [0.2, 0.25) is 0 Å². The minimum atomic E-state index is -0.217. The molecule has 1 aromatic heterocycles. The first-order valence-corrected chi connectivity index (χ1v) is 5.71. The van der Waals surface area contributed by atoms with Crippen LogP contribution in [0.5, 0.6) is 0 Å². The number of carbonyl (C=O) groups excluding carboxylic acids is 1. The normalized spacial score (nSPS) is 9.61. The Kier molecular flexibility index (Phi) is 3.87. The molecule has 0 unspecified atom stereocenters. The topological polar surface area (TPSA) is 54.9 Å². The molecular formula is C14H13N3O. The zero-order valence-electron chi connectivity index (χ0n) is 10.1. The summed E-state index contributed by atoms with van der Waals surface area (Å²) in [7, 11) is 0. The predicted octanol–water partition coefficient (Wildman–Crippen LogP) is 1.77. The molecule has 0 aliphatic carbocycles. The largest absolute Gasteiger partial charge is 0.350 e. The summed E-state index contributed by atoms with van der Waals surface area (Å²) < 4.78 is 0. The Morgan fingerprint density at radius 1 is 1.33 bits per heavy atom. The molecule has 0 radical (unpaired) electrons. The Morgan fingerprint density at radius 3 is 2.89 bits per heavy atom. The van der Waals surface area contributed by atoms with Crippen molar-refractivity contribution in [1.29, 1.82) is 0 Å². The van der Waals surface area contributed by atoms with Crippen molar-refractivity contribution in [2.24, 2.45) is 0 Å². The number of nitrogens with zero attached hydrogens (tertiary/aromatic N) is 2. The van der Waals surface area contributed by atoms with Gasteiger partial charge < -0.3 is 5.32 Å². The molecule has 0 fully saturated rings. The summed E-state index contributed by atoms with van der Waals surface area (Å²) in [6.07, 6.45) is 2.13. The molecule has 0 spiro atoms. The maximum atomic E-state index is 11.8. The first-order valence-electron chi connectivity index (χ1n) is 5.71. The lowest BCUT2D eigenvalue weighted by atomic mass is 10.3. The summed E-state index contributed by atoms with van der Waals surface area (Å²) in [5, 5.41) is 2.75. The van der Waals surface area contributed by atoms with Crippen molar-refractivity contribution >= 4 is 16.9 Å². The van der Waals surface area contributed by atoms with Gasteiger partial charge in [-0.2, -0.15) is 0 Å². The van der Waals surface area contributed by atoms with Gasteiger partial charge in [0.25, 0.3) is 5.91 Å². The van der Waals surface area contributed by atoms with Crippen LogP contribution < -0.4 is 5.32 Å². The highest BCUT2D eigenvalue weighted by Gasteiger charge is 2.07. The van der Waals surface area contributed by atoms with Crippen molar-refractivity contribution in [1.82, 2.24) is 15.3 Å². The van der Waals surface area contributed by atoms with E-state index in [0.717, 1.165) is 11.0 Å². The van der Waals surface area contributed by atoms with Gasteiger partial charge in [0.1, 0.15) is 5.69 Å². The Balaban J connectivity index is 2.09. The monoisotopic (exact) mass is 239 g/mol. The van der Waals surface area contributed by atoms with Crippen LogP contribution in [0, 0.1) is 11.8 Å². The third-order valence-corrected chi connectivity index (χ3v) is 2.39. The molecular weight excluding hydrogens is 226 g/mol. The summed E-state index contributed by atoms with van der Waals surface area (Å²) in [6, 6.07) is 7.46.